The molecule has 1 fully saturated rings. The van der Waals surface area contributed by atoms with Crippen LogP contribution in [0.2, 0.25) is 0 Å². The second kappa shape index (κ2) is 3.91. The van der Waals surface area contributed by atoms with Crippen LogP contribution >= 0.6 is 11.8 Å². The lowest BCUT2D eigenvalue weighted by molar-refractivity contribution is 0.0454. The molecule has 0 atom stereocenters. The zero-order valence-electron chi connectivity index (χ0n) is 6.93. The van der Waals surface area contributed by atoms with Crippen LogP contribution in [0.4, 0.5) is 5.82 Å². The van der Waals surface area contributed by atoms with Crippen LogP contribution in [-0.2, 0) is 4.74 Å². The number of rotatable bonds is 3. The van der Waals surface area contributed by atoms with Crippen molar-refractivity contribution in [1.82, 2.24) is 9.97 Å². The van der Waals surface area contributed by atoms with Gasteiger partial charge in [-0.15, -0.1) is 0 Å². The Hall–Kier alpha value is -0.850. The molecule has 1 aromatic rings. The summed E-state index contributed by atoms with van der Waals surface area (Å²) in [4.78, 5) is 8.22. The molecular weight excluding hydrogens is 188 g/mol. The fourth-order valence-corrected chi connectivity index (χ4v) is 1.87. The van der Waals surface area contributed by atoms with Gasteiger partial charge >= 0.3 is 0 Å². The van der Waals surface area contributed by atoms with Crippen molar-refractivity contribution in [2.75, 3.05) is 18.6 Å². The van der Waals surface area contributed by atoms with Crippen LogP contribution in [0, 0.1) is 0 Å². The van der Waals surface area contributed by atoms with Crippen LogP contribution in [0.1, 0.15) is 0 Å². The smallest absolute Gasteiger partial charge is 0.159 e. The molecule has 2 rings (SSSR count). The Balaban J connectivity index is 2.01. The molecule has 1 saturated heterocycles. The van der Waals surface area contributed by atoms with Crippen molar-refractivity contribution < 1.29 is 4.74 Å². The van der Waals surface area contributed by atoms with Gasteiger partial charge in [-0.2, -0.15) is 0 Å². The maximum Gasteiger partial charge on any atom is 0.159 e. The highest BCUT2D eigenvalue weighted by atomic mass is 32.2. The zero-order valence-corrected chi connectivity index (χ0v) is 7.75. The minimum Gasteiger partial charge on any atom is -0.379 e. The van der Waals surface area contributed by atoms with Crippen LogP contribution in [0.25, 0.3) is 0 Å². The van der Waals surface area contributed by atoms with E-state index in [0.717, 1.165) is 18.2 Å². The second-order valence-corrected chi connectivity index (χ2v) is 3.98. The molecule has 0 radical (unpaired) electrons. The summed E-state index contributed by atoms with van der Waals surface area (Å²) in [7, 11) is 0. The van der Waals surface area contributed by atoms with Crippen LogP contribution in [0.15, 0.2) is 17.4 Å². The Morgan fingerprint density at radius 2 is 2.38 bits per heavy atom. The van der Waals surface area contributed by atoms with E-state index in [4.69, 9.17) is 10.6 Å². The SMILES string of the molecule is NNc1cncc(SC2COC2)n1. The Labute approximate surface area is 80.1 Å². The minimum atomic E-state index is 0.516. The van der Waals surface area contributed by atoms with E-state index in [1.807, 2.05) is 0 Å². The first-order valence-electron chi connectivity index (χ1n) is 3.91. The molecule has 70 valence electrons. The fourth-order valence-electron chi connectivity index (χ4n) is 0.927. The van der Waals surface area contributed by atoms with Crippen molar-refractivity contribution in [3.8, 4) is 0 Å². The Bertz CT molecular complexity index is 292. The van der Waals surface area contributed by atoms with Gasteiger partial charge in [0.2, 0.25) is 0 Å². The van der Waals surface area contributed by atoms with Gasteiger partial charge in [0.1, 0.15) is 5.03 Å². The average Bonchev–Trinajstić information content (AvgIpc) is 2.12. The van der Waals surface area contributed by atoms with E-state index in [-0.39, 0.29) is 0 Å². The molecular formula is C7H10N4OS. The number of nitrogens with one attached hydrogen (secondary N) is 1. The van der Waals surface area contributed by atoms with E-state index in [9.17, 15) is 0 Å². The quantitative estimate of drug-likeness (QED) is 0.536. The van der Waals surface area contributed by atoms with E-state index in [0.29, 0.717) is 11.1 Å². The second-order valence-electron chi connectivity index (χ2n) is 2.66. The molecule has 0 aliphatic carbocycles. The molecule has 1 aromatic heterocycles. The first-order valence-corrected chi connectivity index (χ1v) is 4.79. The lowest BCUT2D eigenvalue weighted by Gasteiger charge is -2.24. The van der Waals surface area contributed by atoms with Gasteiger partial charge in [-0.25, -0.2) is 10.8 Å². The number of nitrogens with two attached hydrogens (primary N) is 1. The van der Waals surface area contributed by atoms with Crippen molar-refractivity contribution >= 4 is 17.6 Å². The standard InChI is InChI=1S/C7H10N4OS/c8-11-6-1-9-2-7(10-6)13-5-3-12-4-5/h1-2,5H,3-4,8H2,(H,10,11). The van der Waals surface area contributed by atoms with Gasteiger partial charge in [-0.05, 0) is 0 Å². The zero-order chi connectivity index (χ0) is 9.10. The van der Waals surface area contributed by atoms with Gasteiger partial charge in [-0.1, -0.05) is 11.8 Å². The molecule has 0 amide bonds. The highest BCUT2D eigenvalue weighted by Crippen LogP contribution is 2.26. The largest absolute Gasteiger partial charge is 0.379 e. The number of hydrogen-bond donors (Lipinski definition) is 2. The van der Waals surface area contributed by atoms with Gasteiger partial charge in [0.05, 0.1) is 30.9 Å². The number of hydrazine groups is 1. The molecule has 1 aliphatic rings. The van der Waals surface area contributed by atoms with Crippen LogP contribution in [-0.4, -0.2) is 28.4 Å². The monoisotopic (exact) mass is 198 g/mol. The minimum absolute atomic E-state index is 0.516. The van der Waals surface area contributed by atoms with Crippen molar-refractivity contribution in [3.05, 3.63) is 12.4 Å². The first-order chi connectivity index (χ1) is 6.38. The maximum atomic E-state index is 5.21. The van der Waals surface area contributed by atoms with E-state index < -0.39 is 0 Å². The van der Waals surface area contributed by atoms with Crippen molar-refractivity contribution in [1.29, 1.82) is 0 Å². The molecule has 2 heterocycles. The fraction of sp³-hybridized carbons (Fsp3) is 0.429. The molecule has 0 saturated carbocycles. The van der Waals surface area contributed by atoms with Crippen molar-refractivity contribution in [2.24, 2.45) is 5.84 Å². The molecule has 0 aromatic carbocycles. The number of nitrogens with zero attached hydrogens (tertiary/aromatic N) is 2. The number of aromatic nitrogens is 2. The molecule has 5 nitrogen and oxygen atoms in total. The van der Waals surface area contributed by atoms with Crippen LogP contribution in [0.3, 0.4) is 0 Å². The molecule has 0 spiro atoms. The summed E-state index contributed by atoms with van der Waals surface area (Å²) in [5.74, 6) is 5.80. The maximum absolute atomic E-state index is 5.21. The Morgan fingerprint density at radius 1 is 1.54 bits per heavy atom. The topological polar surface area (TPSA) is 73.1 Å². The normalized spacial score (nSPS) is 16.7. The Morgan fingerprint density at radius 3 is 3.00 bits per heavy atom. The van der Waals surface area contributed by atoms with E-state index in [2.05, 4.69) is 15.4 Å². The third-order valence-corrected chi connectivity index (χ3v) is 2.70. The number of ether oxygens (including phenoxy) is 1. The van der Waals surface area contributed by atoms with Gasteiger partial charge in [-0.3, -0.25) is 4.98 Å². The average molecular weight is 198 g/mol. The third-order valence-electron chi connectivity index (χ3n) is 1.66. The lowest BCUT2D eigenvalue weighted by Crippen LogP contribution is -2.30. The van der Waals surface area contributed by atoms with Crippen LogP contribution in [0.5, 0.6) is 0 Å². The van der Waals surface area contributed by atoms with Gasteiger partial charge in [0.25, 0.3) is 0 Å². The summed E-state index contributed by atoms with van der Waals surface area (Å²) in [6, 6.07) is 0. The predicted molar refractivity (Wildman–Crippen MR) is 50.3 cm³/mol. The summed E-state index contributed by atoms with van der Waals surface area (Å²) >= 11 is 1.67. The first kappa shape index (κ1) is 8.74. The van der Waals surface area contributed by atoms with Gasteiger partial charge in [0.15, 0.2) is 5.82 Å². The van der Waals surface area contributed by atoms with E-state index >= 15 is 0 Å². The predicted octanol–water partition coefficient (Wildman–Crippen LogP) is 0.253. The third kappa shape index (κ3) is 2.09. The molecule has 3 N–H and O–H groups in total. The van der Waals surface area contributed by atoms with E-state index in [1.54, 1.807) is 24.2 Å². The number of thioether (sulfide) groups is 1. The summed E-state index contributed by atoms with van der Waals surface area (Å²) < 4.78 is 5.05. The summed E-state index contributed by atoms with van der Waals surface area (Å²) in [5.41, 5.74) is 2.46. The summed E-state index contributed by atoms with van der Waals surface area (Å²) in [6.07, 6.45) is 3.31. The Kier molecular flexibility index (Phi) is 2.62. The summed E-state index contributed by atoms with van der Waals surface area (Å²) in [5, 5.41) is 1.39. The molecule has 0 unspecified atom stereocenters. The number of hydrogen-bond acceptors (Lipinski definition) is 6. The van der Waals surface area contributed by atoms with Crippen molar-refractivity contribution in [3.63, 3.8) is 0 Å². The lowest BCUT2D eigenvalue weighted by atomic mass is 10.4. The summed E-state index contributed by atoms with van der Waals surface area (Å²) in [6.45, 7) is 1.60. The molecule has 13 heavy (non-hydrogen) atoms. The van der Waals surface area contributed by atoms with Crippen molar-refractivity contribution in [2.45, 2.75) is 10.3 Å². The molecule has 0 bridgehead atoms. The van der Waals surface area contributed by atoms with E-state index in [1.165, 1.54) is 0 Å². The van der Waals surface area contributed by atoms with Gasteiger partial charge in [0, 0.05) is 0 Å². The molecule has 6 heteroatoms. The molecule has 1 aliphatic heterocycles. The van der Waals surface area contributed by atoms with Gasteiger partial charge < -0.3 is 10.2 Å². The number of anilines is 1. The highest BCUT2D eigenvalue weighted by Gasteiger charge is 2.20. The highest BCUT2D eigenvalue weighted by molar-refractivity contribution is 8.00. The number of nitrogen functional groups attached to an aromatic ring is 1. The van der Waals surface area contributed by atoms with Crippen LogP contribution < -0.4 is 11.3 Å².